The van der Waals surface area contributed by atoms with Crippen molar-refractivity contribution >= 4 is 18.2 Å². The zero-order valence-corrected chi connectivity index (χ0v) is 39.0. The zero-order chi connectivity index (χ0) is 49.1. The van der Waals surface area contributed by atoms with E-state index in [0.717, 1.165) is 11.9 Å². The Bertz CT molecular complexity index is 1910. The second kappa shape index (κ2) is 17.8. The van der Waals surface area contributed by atoms with Crippen molar-refractivity contribution in [3.8, 4) is 0 Å². The first-order valence-electron chi connectivity index (χ1n) is 23.8. The fourth-order valence-electron chi connectivity index (χ4n) is 14.8. The summed E-state index contributed by atoms with van der Waals surface area (Å²) >= 11 is 0. The molecule has 20 nitrogen and oxygen atoms in total. The Kier molecular flexibility index (Phi) is 13.6. The first-order chi connectivity index (χ1) is 31.3. The number of ether oxygens (including phenoxy) is 6. The number of carbonyl (C=O) groups excluding carboxylic acids is 1. The van der Waals surface area contributed by atoms with E-state index in [1.165, 1.54) is 0 Å². The second-order valence-electron chi connectivity index (χ2n) is 22.8. The highest BCUT2D eigenvalue weighted by Crippen LogP contribution is 2.76. The van der Waals surface area contributed by atoms with E-state index in [0.29, 0.717) is 44.9 Å². The molecule has 8 aliphatic rings. The lowest BCUT2D eigenvalue weighted by atomic mass is 9.33. The molecule has 0 amide bonds. The van der Waals surface area contributed by atoms with Gasteiger partial charge in [-0.2, -0.15) is 0 Å². The van der Waals surface area contributed by atoms with Crippen molar-refractivity contribution in [3.63, 3.8) is 0 Å². The monoisotopic (exact) mass is 956 g/mol. The van der Waals surface area contributed by atoms with Gasteiger partial charge in [-0.15, -0.1) is 0 Å². The van der Waals surface area contributed by atoms with E-state index < -0.39 is 150 Å². The maximum atomic E-state index is 13.8. The van der Waals surface area contributed by atoms with E-state index in [4.69, 9.17) is 28.4 Å². The van der Waals surface area contributed by atoms with Gasteiger partial charge < -0.3 is 89.4 Å². The summed E-state index contributed by atoms with van der Waals surface area (Å²) in [6, 6.07) is 0. The van der Waals surface area contributed by atoms with Crippen LogP contribution >= 0.6 is 0 Å². The van der Waals surface area contributed by atoms with Gasteiger partial charge in [-0.3, -0.25) is 4.79 Å². The quantitative estimate of drug-likeness (QED) is 0.0753. The topological polar surface area (TPSA) is 329 Å². The van der Waals surface area contributed by atoms with Gasteiger partial charge in [-0.1, -0.05) is 53.2 Å². The van der Waals surface area contributed by atoms with Crippen molar-refractivity contribution in [3.05, 3.63) is 11.6 Å². The molecule has 9 unspecified atom stereocenters. The predicted molar refractivity (Wildman–Crippen MR) is 227 cm³/mol. The molecule has 0 radical (unpaired) electrons. The summed E-state index contributed by atoms with van der Waals surface area (Å²) in [4.78, 5) is 39.8. The molecule has 380 valence electrons. The number of aliphatic hydroxyl groups excluding tert-OH is 9. The largest absolute Gasteiger partial charge is 0.481 e. The van der Waals surface area contributed by atoms with Crippen LogP contribution in [-0.2, 0) is 42.8 Å². The maximum Gasteiger partial charge on any atom is 0.335 e. The minimum Gasteiger partial charge on any atom is -0.481 e. The number of aliphatic carboxylic acids is 2. The van der Waals surface area contributed by atoms with Crippen LogP contribution in [0.25, 0.3) is 0 Å². The standard InChI is InChI=1S/C47H72O20/c1-42(2)13-14-47(41(60)61)21(15-42)20-7-8-25-43(3)11-10-27(44(4,19-49)24(43)9-12-45(25,5)46(20,6)16-26(47)51)64-40-36(67-39-32(56)30(54)29(53)23(17-48)63-39)34(33(57)35(66-40)37(58)59)65-38-31(55)28(52)22(50)18-62-38/h7,19,21-36,38-40,48,50-57H,8-18H2,1-6H3,(H,58,59)(H,60,61)/t21?,22-,23?,24-,25?,26+,27+,28+,29+,30+,31?,32?,33+,34+,35?,36?,38+,39+,40-,43?,44-,45?,46-,47-/m1/s1. The number of rotatable bonds is 10. The smallest absolute Gasteiger partial charge is 0.335 e. The maximum absolute atomic E-state index is 13.8. The van der Waals surface area contributed by atoms with E-state index >= 15 is 0 Å². The Balaban J connectivity index is 1.13. The van der Waals surface area contributed by atoms with Crippen LogP contribution in [0, 0.1) is 50.2 Å². The van der Waals surface area contributed by atoms with Crippen molar-refractivity contribution in [2.75, 3.05) is 13.2 Å². The number of carboxylic acid groups (broad SMARTS) is 2. The van der Waals surface area contributed by atoms with Crippen LogP contribution in [0.1, 0.15) is 99.3 Å². The van der Waals surface area contributed by atoms with Crippen LogP contribution in [0.15, 0.2) is 11.6 Å². The molecule has 24 atom stereocenters. The third-order valence-corrected chi connectivity index (χ3v) is 18.9. The van der Waals surface area contributed by atoms with Crippen LogP contribution in [0.2, 0.25) is 0 Å². The average molecular weight is 957 g/mol. The van der Waals surface area contributed by atoms with Gasteiger partial charge in [0, 0.05) is 0 Å². The summed E-state index contributed by atoms with van der Waals surface area (Å²) in [6.45, 7) is 11.3. The van der Waals surface area contributed by atoms with Gasteiger partial charge in [0.15, 0.2) is 25.0 Å². The number of carboxylic acids is 2. The molecular formula is C47H72O20. The summed E-state index contributed by atoms with van der Waals surface area (Å²) in [5.41, 5.74) is -3.10. The number of hydrogen-bond acceptors (Lipinski definition) is 18. The lowest BCUT2D eigenvalue weighted by Crippen LogP contribution is -2.69. The van der Waals surface area contributed by atoms with Crippen LogP contribution < -0.4 is 0 Å². The molecule has 8 rings (SSSR count). The fraction of sp³-hybridized carbons (Fsp3) is 0.894. The Labute approximate surface area is 389 Å². The third kappa shape index (κ3) is 7.78. The Morgan fingerprint density at radius 1 is 0.731 bits per heavy atom. The molecule has 0 aromatic carbocycles. The fourth-order valence-corrected chi connectivity index (χ4v) is 14.8. The number of carbonyl (C=O) groups is 3. The first-order valence-corrected chi connectivity index (χ1v) is 23.8. The molecule has 0 aromatic heterocycles. The van der Waals surface area contributed by atoms with Gasteiger partial charge in [0.2, 0.25) is 0 Å². The highest BCUT2D eigenvalue weighted by Gasteiger charge is 2.72. The van der Waals surface area contributed by atoms with Gasteiger partial charge in [-0.05, 0) is 97.2 Å². The van der Waals surface area contributed by atoms with Crippen LogP contribution in [0.5, 0.6) is 0 Å². The van der Waals surface area contributed by atoms with Crippen LogP contribution in [-0.4, -0.2) is 186 Å². The van der Waals surface area contributed by atoms with Crippen molar-refractivity contribution < 1.29 is 99.0 Å². The summed E-state index contributed by atoms with van der Waals surface area (Å²) in [5.74, 6) is -3.36. The van der Waals surface area contributed by atoms with E-state index in [9.17, 15) is 70.6 Å². The first kappa shape index (κ1) is 51.1. The molecular weight excluding hydrogens is 884 g/mol. The Morgan fingerprint density at radius 2 is 1.40 bits per heavy atom. The third-order valence-electron chi connectivity index (χ3n) is 18.9. The van der Waals surface area contributed by atoms with Crippen molar-refractivity contribution in [1.29, 1.82) is 0 Å². The van der Waals surface area contributed by atoms with Crippen molar-refractivity contribution in [1.82, 2.24) is 0 Å². The molecule has 7 fully saturated rings. The Morgan fingerprint density at radius 3 is 2.04 bits per heavy atom. The summed E-state index contributed by atoms with van der Waals surface area (Å²) in [6.07, 6.45) is -20.5. The number of aldehydes is 1. The molecule has 20 heteroatoms. The summed E-state index contributed by atoms with van der Waals surface area (Å²) in [5, 5.41) is 118. The highest BCUT2D eigenvalue weighted by molar-refractivity contribution is 5.78. The number of hydrogen-bond donors (Lipinski definition) is 11. The lowest BCUT2D eigenvalue weighted by Gasteiger charge is -2.71. The molecule has 3 heterocycles. The van der Waals surface area contributed by atoms with Crippen LogP contribution in [0.3, 0.4) is 0 Å². The molecule has 3 aliphatic heterocycles. The molecule has 0 spiro atoms. The predicted octanol–water partition coefficient (Wildman–Crippen LogP) is -0.413. The van der Waals surface area contributed by atoms with E-state index in [-0.39, 0.29) is 36.0 Å². The van der Waals surface area contributed by atoms with Crippen molar-refractivity contribution in [2.24, 2.45) is 50.2 Å². The molecule has 4 saturated carbocycles. The van der Waals surface area contributed by atoms with Gasteiger partial charge in [0.05, 0.1) is 30.8 Å². The number of allylic oxidation sites excluding steroid dienone is 2. The minimum absolute atomic E-state index is 0.0258. The number of aliphatic hydroxyl groups is 9. The second-order valence-corrected chi connectivity index (χ2v) is 22.8. The zero-order valence-electron chi connectivity index (χ0n) is 39.0. The van der Waals surface area contributed by atoms with Crippen LogP contribution in [0.4, 0.5) is 0 Å². The average Bonchev–Trinajstić information content (AvgIpc) is 3.26. The highest BCUT2D eigenvalue weighted by atomic mass is 16.8. The molecule has 0 bridgehead atoms. The van der Waals surface area contributed by atoms with E-state index in [1.807, 2.05) is 0 Å². The SMILES string of the molecule is CC1(C)CC[C@@]2(C(=O)O)C(C1)C1=CCC3C4(C)CC[C@H](O[C@@H]5OC(C(=O)O)[C@@H](O)[C@H](O[C@@H]6OC[C@@H](O)[C@H](O)C6O)C5O[C@@H]5OC(CO)[C@H](O)[C@H](O)C5O)[C@](C)(C=O)[C@@H]4CCC3(C)[C@]1(C)C[C@@H]2O. The van der Waals surface area contributed by atoms with Gasteiger partial charge in [0.25, 0.3) is 0 Å². The van der Waals surface area contributed by atoms with Gasteiger partial charge >= 0.3 is 11.9 Å². The normalized spacial score (nSPS) is 54.0. The lowest BCUT2D eigenvalue weighted by molar-refractivity contribution is -0.391. The van der Waals surface area contributed by atoms with Gasteiger partial charge in [-0.25, -0.2) is 4.79 Å². The Hall–Kier alpha value is -2.25. The van der Waals surface area contributed by atoms with Gasteiger partial charge in [0.1, 0.15) is 72.7 Å². The van der Waals surface area contributed by atoms with E-state index in [2.05, 4.69) is 40.7 Å². The molecule has 5 aliphatic carbocycles. The number of fused-ring (bicyclic) bond motifs is 7. The van der Waals surface area contributed by atoms with Crippen molar-refractivity contribution in [2.45, 2.75) is 198 Å². The minimum atomic E-state index is -2.14. The molecule has 11 N–H and O–H groups in total. The molecule has 0 aromatic rings. The molecule has 67 heavy (non-hydrogen) atoms. The summed E-state index contributed by atoms with van der Waals surface area (Å²) in [7, 11) is 0. The summed E-state index contributed by atoms with van der Waals surface area (Å²) < 4.78 is 35.9. The van der Waals surface area contributed by atoms with E-state index in [1.54, 1.807) is 6.92 Å². The molecule has 3 saturated heterocycles.